The summed E-state index contributed by atoms with van der Waals surface area (Å²) in [5, 5.41) is 3.23. The molecular formula is C12H28N4. The fourth-order valence-corrected chi connectivity index (χ4v) is 2.98. The van der Waals surface area contributed by atoms with Gasteiger partial charge in [0.05, 0.1) is 0 Å². The largest absolute Gasteiger partial charge is 0.330 e. The highest BCUT2D eigenvalue weighted by Crippen LogP contribution is 2.33. The van der Waals surface area contributed by atoms with Gasteiger partial charge in [0.25, 0.3) is 0 Å². The van der Waals surface area contributed by atoms with Crippen LogP contribution in [-0.2, 0) is 0 Å². The van der Waals surface area contributed by atoms with Crippen LogP contribution in [0.25, 0.3) is 0 Å². The molecule has 0 radical (unpaired) electrons. The van der Waals surface area contributed by atoms with Gasteiger partial charge in [-0.25, -0.2) is 0 Å². The van der Waals surface area contributed by atoms with Crippen molar-refractivity contribution in [2.24, 2.45) is 11.5 Å². The van der Waals surface area contributed by atoms with Crippen molar-refractivity contribution in [3.63, 3.8) is 0 Å². The molecule has 5 N–H and O–H groups in total. The first-order chi connectivity index (χ1) is 7.79. The summed E-state index contributed by atoms with van der Waals surface area (Å²) in [5.74, 6) is 0. The molecule has 0 bridgehead atoms. The van der Waals surface area contributed by atoms with Gasteiger partial charge in [-0.15, -0.1) is 0 Å². The summed E-state index contributed by atoms with van der Waals surface area (Å²) in [7, 11) is 2.01. The molecular weight excluding hydrogens is 200 g/mol. The minimum Gasteiger partial charge on any atom is -0.330 e. The van der Waals surface area contributed by atoms with Gasteiger partial charge in [-0.3, -0.25) is 4.90 Å². The molecule has 0 atom stereocenters. The first kappa shape index (κ1) is 13.9. The number of likely N-dealkylation sites (tertiary alicyclic amines) is 1. The lowest BCUT2D eigenvalue weighted by Crippen LogP contribution is -2.55. The number of nitrogens with zero attached hydrogens (tertiary/aromatic N) is 1. The standard InChI is InChI=1S/C12H28N4/c1-15-9-11-16-10-3-2-4-12(16,5-7-13)6-8-14/h15H,2-11,13-14H2,1H3. The quantitative estimate of drug-likeness (QED) is 0.579. The molecule has 1 heterocycles. The summed E-state index contributed by atoms with van der Waals surface area (Å²) in [4.78, 5) is 2.62. The molecule has 0 saturated carbocycles. The fourth-order valence-electron chi connectivity index (χ4n) is 2.98. The molecule has 1 rings (SSSR count). The Morgan fingerprint density at radius 2 is 1.88 bits per heavy atom. The molecule has 0 spiro atoms. The SMILES string of the molecule is CNCCN1CCCCC1(CCN)CCN. The molecule has 1 aliphatic heterocycles. The van der Waals surface area contributed by atoms with Crippen molar-refractivity contribution in [3.05, 3.63) is 0 Å². The van der Waals surface area contributed by atoms with E-state index in [0.29, 0.717) is 5.54 Å². The van der Waals surface area contributed by atoms with Crippen molar-refractivity contribution in [3.8, 4) is 0 Å². The second kappa shape index (κ2) is 7.22. The third kappa shape index (κ3) is 3.42. The van der Waals surface area contributed by atoms with E-state index in [1.54, 1.807) is 0 Å². The zero-order valence-corrected chi connectivity index (χ0v) is 10.7. The number of hydrogen-bond acceptors (Lipinski definition) is 4. The van der Waals surface area contributed by atoms with Crippen LogP contribution in [0.5, 0.6) is 0 Å². The molecule has 4 heteroatoms. The Morgan fingerprint density at radius 3 is 2.44 bits per heavy atom. The van der Waals surface area contributed by atoms with Crippen LogP contribution in [0.1, 0.15) is 32.1 Å². The van der Waals surface area contributed by atoms with Gasteiger partial charge in [0.1, 0.15) is 0 Å². The predicted octanol–water partition coefficient (Wildman–Crippen LogP) is 0.128. The van der Waals surface area contributed by atoms with E-state index in [2.05, 4.69) is 10.2 Å². The zero-order chi connectivity index (χ0) is 11.9. The normalized spacial score (nSPS) is 21.2. The summed E-state index contributed by atoms with van der Waals surface area (Å²) in [5.41, 5.74) is 11.9. The number of rotatable bonds is 7. The Kier molecular flexibility index (Phi) is 6.28. The second-order valence-corrected chi connectivity index (χ2v) is 4.85. The molecule has 0 aromatic rings. The molecule has 96 valence electrons. The van der Waals surface area contributed by atoms with Crippen LogP contribution in [0.2, 0.25) is 0 Å². The van der Waals surface area contributed by atoms with Crippen LogP contribution < -0.4 is 16.8 Å². The van der Waals surface area contributed by atoms with Gasteiger partial charge in [0, 0.05) is 18.6 Å². The van der Waals surface area contributed by atoms with Crippen molar-refractivity contribution in [1.82, 2.24) is 10.2 Å². The Labute approximate surface area is 99.7 Å². The van der Waals surface area contributed by atoms with E-state index in [1.165, 1.54) is 25.8 Å². The Hall–Kier alpha value is -0.160. The lowest BCUT2D eigenvalue weighted by Gasteiger charge is -2.47. The van der Waals surface area contributed by atoms with Crippen molar-refractivity contribution < 1.29 is 0 Å². The first-order valence-electron chi connectivity index (χ1n) is 6.59. The van der Waals surface area contributed by atoms with Crippen molar-refractivity contribution in [1.29, 1.82) is 0 Å². The Bertz CT molecular complexity index is 172. The molecule has 1 fully saturated rings. The van der Waals surface area contributed by atoms with E-state index < -0.39 is 0 Å². The van der Waals surface area contributed by atoms with E-state index in [-0.39, 0.29) is 0 Å². The molecule has 0 amide bonds. The summed E-state index contributed by atoms with van der Waals surface area (Å²) in [6.07, 6.45) is 6.10. The van der Waals surface area contributed by atoms with Crippen LogP contribution in [0.3, 0.4) is 0 Å². The maximum Gasteiger partial charge on any atom is 0.0234 e. The molecule has 0 aliphatic carbocycles. The van der Waals surface area contributed by atoms with E-state index in [0.717, 1.165) is 39.0 Å². The van der Waals surface area contributed by atoms with Gasteiger partial charge in [-0.05, 0) is 52.4 Å². The van der Waals surface area contributed by atoms with Crippen LogP contribution in [-0.4, -0.2) is 50.2 Å². The molecule has 1 saturated heterocycles. The van der Waals surface area contributed by atoms with Crippen LogP contribution in [0.4, 0.5) is 0 Å². The van der Waals surface area contributed by atoms with E-state index in [1.807, 2.05) is 7.05 Å². The van der Waals surface area contributed by atoms with Crippen molar-refractivity contribution in [2.45, 2.75) is 37.6 Å². The van der Waals surface area contributed by atoms with Crippen LogP contribution in [0, 0.1) is 0 Å². The summed E-state index contributed by atoms with van der Waals surface area (Å²) >= 11 is 0. The molecule has 0 aromatic heterocycles. The number of likely N-dealkylation sites (N-methyl/N-ethyl adjacent to an activating group) is 1. The van der Waals surface area contributed by atoms with Gasteiger partial charge in [0.15, 0.2) is 0 Å². The zero-order valence-electron chi connectivity index (χ0n) is 10.7. The highest BCUT2D eigenvalue weighted by atomic mass is 15.2. The second-order valence-electron chi connectivity index (χ2n) is 4.85. The van der Waals surface area contributed by atoms with Gasteiger partial charge in [0.2, 0.25) is 0 Å². The lowest BCUT2D eigenvalue weighted by molar-refractivity contribution is 0.0363. The van der Waals surface area contributed by atoms with Crippen LogP contribution >= 0.6 is 0 Å². The maximum absolute atomic E-state index is 5.78. The molecule has 16 heavy (non-hydrogen) atoms. The van der Waals surface area contributed by atoms with Crippen molar-refractivity contribution >= 4 is 0 Å². The Balaban J connectivity index is 2.64. The monoisotopic (exact) mass is 228 g/mol. The molecule has 0 aromatic carbocycles. The van der Waals surface area contributed by atoms with E-state index in [4.69, 9.17) is 11.5 Å². The molecule has 0 unspecified atom stereocenters. The number of nitrogens with two attached hydrogens (primary N) is 2. The highest BCUT2D eigenvalue weighted by Gasteiger charge is 2.36. The Morgan fingerprint density at radius 1 is 1.19 bits per heavy atom. The summed E-state index contributed by atoms with van der Waals surface area (Å²) in [6.45, 7) is 4.93. The van der Waals surface area contributed by atoms with Gasteiger partial charge in [-0.1, -0.05) is 6.42 Å². The fraction of sp³-hybridized carbons (Fsp3) is 1.00. The number of nitrogens with one attached hydrogen (secondary N) is 1. The van der Waals surface area contributed by atoms with Crippen LogP contribution in [0.15, 0.2) is 0 Å². The third-order valence-electron chi connectivity index (χ3n) is 3.84. The topological polar surface area (TPSA) is 67.3 Å². The van der Waals surface area contributed by atoms with Crippen molar-refractivity contribution in [2.75, 3.05) is 39.8 Å². The van der Waals surface area contributed by atoms with Gasteiger partial charge < -0.3 is 16.8 Å². The van der Waals surface area contributed by atoms with Gasteiger partial charge >= 0.3 is 0 Å². The number of piperidine rings is 1. The minimum absolute atomic E-state index is 0.290. The predicted molar refractivity (Wildman–Crippen MR) is 69.4 cm³/mol. The van der Waals surface area contributed by atoms with E-state index >= 15 is 0 Å². The number of hydrogen-bond donors (Lipinski definition) is 3. The average molecular weight is 228 g/mol. The summed E-state index contributed by atoms with van der Waals surface area (Å²) in [6, 6.07) is 0. The average Bonchev–Trinajstić information content (AvgIpc) is 2.29. The lowest BCUT2D eigenvalue weighted by atomic mass is 9.80. The molecule has 4 nitrogen and oxygen atoms in total. The molecule has 1 aliphatic rings. The first-order valence-corrected chi connectivity index (χ1v) is 6.59. The van der Waals surface area contributed by atoms with E-state index in [9.17, 15) is 0 Å². The summed E-state index contributed by atoms with van der Waals surface area (Å²) < 4.78 is 0. The maximum atomic E-state index is 5.78. The minimum atomic E-state index is 0.290. The smallest absolute Gasteiger partial charge is 0.0234 e. The van der Waals surface area contributed by atoms with Gasteiger partial charge in [-0.2, -0.15) is 0 Å². The third-order valence-corrected chi connectivity index (χ3v) is 3.84. The highest BCUT2D eigenvalue weighted by molar-refractivity contribution is 4.94.